The zero-order valence-electron chi connectivity index (χ0n) is 19.5. The third-order valence-electron chi connectivity index (χ3n) is 4.50. The normalized spacial score (nSPS) is 11.6. The summed E-state index contributed by atoms with van der Waals surface area (Å²) in [6, 6.07) is 4.54. The van der Waals surface area contributed by atoms with E-state index >= 15 is 0 Å². The van der Waals surface area contributed by atoms with Crippen LogP contribution in [0.2, 0.25) is 19.6 Å². The van der Waals surface area contributed by atoms with Crippen LogP contribution in [0.15, 0.2) is 18.2 Å². The van der Waals surface area contributed by atoms with E-state index in [4.69, 9.17) is 14.2 Å². The lowest BCUT2D eigenvalue weighted by Gasteiger charge is -2.28. The Hall–Kier alpha value is -2.79. The van der Waals surface area contributed by atoms with Crippen molar-refractivity contribution in [3.8, 4) is 23.0 Å². The zero-order valence-corrected chi connectivity index (χ0v) is 20.5. The molecule has 170 valence electrons. The van der Waals surface area contributed by atoms with Crippen molar-refractivity contribution in [1.82, 2.24) is 4.90 Å². The maximum atomic E-state index is 12.9. The molecule has 1 amide bonds. The molecular weight excluding hydrogens is 414 g/mol. The van der Waals surface area contributed by atoms with Crippen LogP contribution in [0.5, 0.6) is 11.5 Å². The second-order valence-corrected chi connectivity index (χ2v) is 12.9. The molecular formula is C23H33NO6Si. The number of methoxy groups -OCH3 is 3. The molecule has 1 rings (SSSR count). The molecule has 0 bridgehead atoms. The van der Waals surface area contributed by atoms with E-state index in [-0.39, 0.29) is 31.1 Å². The van der Waals surface area contributed by atoms with E-state index in [0.717, 1.165) is 5.56 Å². The third kappa shape index (κ3) is 8.85. The SMILES string of the molecule is COC(=O)C(C)N(Cc1ccc(OC)c(OC)c1)C(=O)CCCC(=O)C#C[Si](C)(C)C. The molecule has 0 radical (unpaired) electrons. The molecule has 0 aliphatic heterocycles. The van der Waals surface area contributed by atoms with Crippen molar-refractivity contribution in [2.24, 2.45) is 0 Å². The molecule has 0 spiro atoms. The number of esters is 1. The van der Waals surface area contributed by atoms with Gasteiger partial charge in [0.25, 0.3) is 0 Å². The second-order valence-electron chi connectivity index (χ2n) is 8.19. The number of nitrogens with zero attached hydrogens (tertiary/aromatic N) is 1. The Kier molecular flexibility index (Phi) is 10.3. The quantitative estimate of drug-likeness (QED) is 0.311. The van der Waals surface area contributed by atoms with Gasteiger partial charge in [0.15, 0.2) is 11.5 Å². The fraction of sp³-hybridized carbons (Fsp3) is 0.522. The van der Waals surface area contributed by atoms with Gasteiger partial charge in [0.05, 0.1) is 21.3 Å². The fourth-order valence-electron chi connectivity index (χ4n) is 2.78. The van der Waals surface area contributed by atoms with Gasteiger partial charge >= 0.3 is 5.97 Å². The van der Waals surface area contributed by atoms with E-state index in [1.807, 2.05) is 0 Å². The van der Waals surface area contributed by atoms with Gasteiger partial charge in [0.2, 0.25) is 11.7 Å². The molecule has 0 heterocycles. The first-order valence-corrected chi connectivity index (χ1v) is 13.7. The summed E-state index contributed by atoms with van der Waals surface area (Å²) in [7, 11) is 2.74. The van der Waals surface area contributed by atoms with E-state index in [2.05, 4.69) is 31.1 Å². The maximum Gasteiger partial charge on any atom is 0.328 e. The molecule has 0 fully saturated rings. The summed E-state index contributed by atoms with van der Waals surface area (Å²) >= 11 is 0. The third-order valence-corrected chi connectivity index (χ3v) is 5.38. The van der Waals surface area contributed by atoms with Crippen molar-refractivity contribution >= 4 is 25.7 Å². The predicted molar refractivity (Wildman–Crippen MR) is 122 cm³/mol. The monoisotopic (exact) mass is 447 g/mol. The van der Waals surface area contributed by atoms with Crippen molar-refractivity contribution in [2.45, 2.75) is 58.4 Å². The number of amides is 1. The highest BCUT2D eigenvalue weighted by atomic mass is 28.3. The topological polar surface area (TPSA) is 82.1 Å². The van der Waals surface area contributed by atoms with E-state index in [9.17, 15) is 14.4 Å². The van der Waals surface area contributed by atoms with Crippen LogP contribution >= 0.6 is 0 Å². The average molecular weight is 448 g/mol. The molecule has 1 atom stereocenters. The summed E-state index contributed by atoms with van der Waals surface area (Å²) < 4.78 is 15.4. The minimum Gasteiger partial charge on any atom is -0.493 e. The molecule has 0 aromatic heterocycles. The lowest BCUT2D eigenvalue weighted by Crippen LogP contribution is -2.43. The molecule has 0 N–H and O–H groups in total. The summed E-state index contributed by atoms with van der Waals surface area (Å²) in [6.07, 6.45) is 0.712. The van der Waals surface area contributed by atoms with Gasteiger partial charge in [-0.1, -0.05) is 25.7 Å². The van der Waals surface area contributed by atoms with E-state index < -0.39 is 20.1 Å². The summed E-state index contributed by atoms with van der Waals surface area (Å²) in [5.41, 5.74) is 3.81. The molecule has 0 saturated heterocycles. The van der Waals surface area contributed by atoms with Gasteiger partial charge in [-0.2, -0.15) is 0 Å². The predicted octanol–water partition coefficient (Wildman–Crippen LogP) is 3.21. The highest BCUT2D eigenvalue weighted by Gasteiger charge is 2.27. The van der Waals surface area contributed by atoms with Crippen LogP contribution in [0, 0.1) is 11.5 Å². The summed E-state index contributed by atoms with van der Waals surface area (Å²) in [5, 5.41) is 0. The number of Topliss-reactive ketones (excluding diaryl/α,β-unsaturated/α-hetero) is 1. The van der Waals surface area contributed by atoms with Crippen molar-refractivity contribution in [2.75, 3.05) is 21.3 Å². The minimum absolute atomic E-state index is 0.134. The van der Waals surface area contributed by atoms with Crippen molar-refractivity contribution < 1.29 is 28.6 Å². The Morgan fingerprint density at radius 3 is 2.23 bits per heavy atom. The fourth-order valence-corrected chi connectivity index (χ4v) is 3.29. The van der Waals surface area contributed by atoms with E-state index in [0.29, 0.717) is 17.9 Å². The molecule has 1 aromatic rings. The lowest BCUT2D eigenvalue weighted by atomic mass is 10.1. The summed E-state index contributed by atoms with van der Waals surface area (Å²) in [6.45, 7) is 8.01. The van der Waals surface area contributed by atoms with E-state index in [1.165, 1.54) is 19.1 Å². The van der Waals surface area contributed by atoms with Crippen molar-refractivity contribution in [3.63, 3.8) is 0 Å². The van der Waals surface area contributed by atoms with Gasteiger partial charge in [-0.25, -0.2) is 4.79 Å². The summed E-state index contributed by atoms with van der Waals surface area (Å²) in [4.78, 5) is 38.4. The van der Waals surface area contributed by atoms with Crippen LogP contribution in [-0.4, -0.2) is 58.0 Å². The number of ether oxygens (including phenoxy) is 3. The Balaban J connectivity index is 2.91. The molecule has 0 aliphatic rings. The van der Waals surface area contributed by atoms with Crippen LogP contribution < -0.4 is 9.47 Å². The van der Waals surface area contributed by atoms with Gasteiger partial charge < -0.3 is 19.1 Å². The number of benzene rings is 1. The van der Waals surface area contributed by atoms with Gasteiger partial charge in [0.1, 0.15) is 14.1 Å². The van der Waals surface area contributed by atoms with Crippen LogP contribution in [0.3, 0.4) is 0 Å². The number of hydrogen-bond acceptors (Lipinski definition) is 6. The number of carbonyl (C=O) groups excluding carboxylic acids is 3. The number of hydrogen-bond donors (Lipinski definition) is 0. The molecule has 8 heteroatoms. The van der Waals surface area contributed by atoms with Crippen LogP contribution in [0.1, 0.15) is 31.7 Å². The molecule has 31 heavy (non-hydrogen) atoms. The van der Waals surface area contributed by atoms with E-state index in [1.54, 1.807) is 32.2 Å². The van der Waals surface area contributed by atoms with Crippen molar-refractivity contribution in [3.05, 3.63) is 23.8 Å². The molecule has 1 aromatic carbocycles. The first kappa shape index (κ1) is 26.2. The summed E-state index contributed by atoms with van der Waals surface area (Å²) in [5.74, 6) is 2.88. The largest absolute Gasteiger partial charge is 0.493 e. The average Bonchev–Trinajstić information content (AvgIpc) is 2.74. The standard InChI is InChI=1S/C23H33NO6Si/c1-17(23(27)30-4)24(16-18-11-12-20(28-2)21(15-18)29-3)22(26)10-8-9-19(25)13-14-31(5,6)7/h11-12,15,17H,8-10,16H2,1-7H3. The van der Waals surface area contributed by atoms with Crippen LogP contribution in [-0.2, 0) is 25.7 Å². The Labute approximate surface area is 186 Å². The van der Waals surface area contributed by atoms with Crippen molar-refractivity contribution in [1.29, 1.82) is 0 Å². The molecule has 1 unspecified atom stereocenters. The smallest absolute Gasteiger partial charge is 0.328 e. The molecule has 0 saturated carbocycles. The highest BCUT2D eigenvalue weighted by molar-refractivity contribution is 6.84. The zero-order chi connectivity index (χ0) is 23.6. The van der Waals surface area contributed by atoms with Crippen LogP contribution in [0.4, 0.5) is 0 Å². The Morgan fingerprint density at radius 1 is 1.03 bits per heavy atom. The maximum absolute atomic E-state index is 12.9. The number of carbonyl (C=O) groups is 3. The number of ketones is 1. The number of rotatable bonds is 10. The first-order valence-electron chi connectivity index (χ1n) is 10.2. The Morgan fingerprint density at radius 2 is 1.68 bits per heavy atom. The minimum atomic E-state index is -1.62. The van der Waals surface area contributed by atoms with Crippen LogP contribution in [0.25, 0.3) is 0 Å². The van der Waals surface area contributed by atoms with Gasteiger partial charge in [-0.05, 0) is 37.0 Å². The lowest BCUT2D eigenvalue weighted by molar-refractivity contribution is -0.152. The van der Waals surface area contributed by atoms with Gasteiger partial charge in [-0.3, -0.25) is 9.59 Å². The van der Waals surface area contributed by atoms with Gasteiger partial charge in [-0.15, -0.1) is 5.54 Å². The first-order chi connectivity index (χ1) is 14.5. The second kappa shape index (κ2) is 12.2. The molecule has 7 nitrogen and oxygen atoms in total. The van der Waals surface area contributed by atoms with Gasteiger partial charge in [0, 0.05) is 19.4 Å². The molecule has 0 aliphatic carbocycles. The highest BCUT2D eigenvalue weighted by Crippen LogP contribution is 2.28. The Bertz CT molecular complexity index is 850.